The van der Waals surface area contributed by atoms with Crippen LogP contribution in [0, 0.1) is 0 Å². The van der Waals surface area contributed by atoms with Gasteiger partial charge in [0.05, 0.1) is 22.8 Å². The smallest absolute Gasteiger partial charge is 0.345 e. The number of phenolic OH excluding ortho intramolecular Hbond substituents is 7. The number of fused-ring (bicyclic) bond motifs is 1. The highest BCUT2D eigenvalue weighted by Gasteiger charge is 2.35. The highest BCUT2D eigenvalue weighted by Crippen LogP contribution is 2.55. The first-order chi connectivity index (χ1) is 20.7. The number of hydrogen-bond acceptors (Lipinski definition) is 17. The Morgan fingerprint density at radius 1 is 0.568 bits per heavy atom. The molecule has 11 N–H and O–H groups in total. The maximum absolute atomic E-state index is 13.4. The monoisotopic (exact) mass is 614 g/mol. The summed E-state index contributed by atoms with van der Waals surface area (Å²) in [5.74, 6) is -9.14. The molecular formula is C27H18O17. The molecule has 0 saturated carbocycles. The van der Waals surface area contributed by atoms with Crippen molar-refractivity contribution in [1.82, 2.24) is 0 Å². The molecule has 3 aromatic carbocycles. The molecule has 17 heteroatoms. The molecule has 0 aliphatic rings. The lowest BCUT2D eigenvalue weighted by Gasteiger charge is -2.21. The number of hydrogen-bond donors (Lipinski definition) is 11. The summed E-state index contributed by atoms with van der Waals surface area (Å²) in [4.78, 5) is 39.4. The molecule has 0 amide bonds. The van der Waals surface area contributed by atoms with E-state index < -0.39 is 142 Å². The summed E-state index contributed by atoms with van der Waals surface area (Å²) in [6.45, 7) is -1.02. The van der Waals surface area contributed by atoms with Crippen LogP contribution in [0.25, 0.3) is 54.6 Å². The van der Waals surface area contributed by atoms with Crippen molar-refractivity contribution in [3.8, 4) is 51.4 Å². The van der Waals surface area contributed by atoms with Gasteiger partial charge in [-0.05, 0) is 12.1 Å². The van der Waals surface area contributed by atoms with Gasteiger partial charge in [-0.15, -0.1) is 0 Å². The van der Waals surface area contributed by atoms with Gasteiger partial charge in [0.25, 0.3) is 0 Å². The van der Waals surface area contributed by atoms with E-state index in [1.54, 1.807) is 0 Å². The second kappa shape index (κ2) is 9.38. The van der Waals surface area contributed by atoms with E-state index >= 15 is 0 Å². The zero-order valence-electron chi connectivity index (χ0n) is 21.5. The fourth-order valence-corrected chi connectivity index (χ4v) is 5.21. The summed E-state index contributed by atoms with van der Waals surface area (Å²) in [6.07, 6.45) is -6.23. The van der Waals surface area contributed by atoms with Crippen molar-refractivity contribution >= 4 is 43.5 Å². The lowest BCUT2D eigenvalue weighted by Crippen LogP contribution is -2.35. The Bertz CT molecular complexity index is 2360. The van der Waals surface area contributed by atoms with Crippen LogP contribution in [0.5, 0.6) is 40.2 Å². The molecule has 0 radical (unpaired) electrons. The van der Waals surface area contributed by atoms with E-state index in [-0.39, 0.29) is 0 Å². The van der Waals surface area contributed by atoms with Crippen molar-refractivity contribution in [2.45, 2.75) is 18.3 Å². The molecular weight excluding hydrogens is 596 g/mol. The first kappa shape index (κ1) is 28.4. The molecule has 0 spiro atoms. The largest absolute Gasteiger partial charge is 0.504 e. The van der Waals surface area contributed by atoms with Gasteiger partial charge < -0.3 is 69.4 Å². The molecule has 44 heavy (non-hydrogen) atoms. The Balaban J connectivity index is 1.83. The van der Waals surface area contributed by atoms with Gasteiger partial charge in [-0.3, -0.25) is 0 Å². The molecule has 6 rings (SSSR count). The lowest BCUT2D eigenvalue weighted by atomic mass is 9.90. The molecule has 0 fully saturated rings. The summed E-state index contributed by atoms with van der Waals surface area (Å²) in [5, 5.41) is 110. The van der Waals surface area contributed by atoms with Gasteiger partial charge in [-0.25, -0.2) is 14.4 Å². The maximum Gasteiger partial charge on any atom is 0.345 e. The third-order valence-electron chi connectivity index (χ3n) is 7.31. The highest BCUT2D eigenvalue weighted by atomic mass is 16.4. The zero-order valence-corrected chi connectivity index (χ0v) is 21.5. The summed E-state index contributed by atoms with van der Waals surface area (Å²) in [6, 6.07) is 1.46. The fraction of sp³-hybridized carbons (Fsp3) is 0.148. The zero-order chi connectivity index (χ0) is 32.1. The topological polar surface area (TPSA) is 313 Å². The fourth-order valence-electron chi connectivity index (χ4n) is 5.21. The lowest BCUT2D eigenvalue weighted by molar-refractivity contribution is -0.0842. The van der Waals surface area contributed by atoms with Crippen LogP contribution in [-0.4, -0.2) is 75.0 Å². The third-order valence-corrected chi connectivity index (χ3v) is 7.31. The van der Waals surface area contributed by atoms with Gasteiger partial charge in [0.1, 0.15) is 24.1 Å². The van der Waals surface area contributed by atoms with Crippen LogP contribution in [-0.2, 0) is 0 Å². The molecule has 0 aliphatic carbocycles. The summed E-state index contributed by atoms with van der Waals surface area (Å²) in [7, 11) is 0. The van der Waals surface area contributed by atoms with Crippen LogP contribution in [0.3, 0.4) is 0 Å². The van der Waals surface area contributed by atoms with Gasteiger partial charge >= 0.3 is 16.9 Å². The Kier molecular flexibility index (Phi) is 6.05. The van der Waals surface area contributed by atoms with Crippen LogP contribution < -0.4 is 16.9 Å². The summed E-state index contributed by atoms with van der Waals surface area (Å²) in [5.41, 5.74) is -7.65. The van der Waals surface area contributed by atoms with Gasteiger partial charge in [-0.1, -0.05) is 0 Å². The Morgan fingerprint density at radius 3 is 1.80 bits per heavy atom. The van der Waals surface area contributed by atoms with Gasteiger partial charge in [0, 0.05) is 27.3 Å². The van der Waals surface area contributed by atoms with Crippen LogP contribution in [0.15, 0.2) is 39.8 Å². The molecule has 3 atom stereocenters. The predicted molar refractivity (Wildman–Crippen MR) is 144 cm³/mol. The SMILES string of the molecule is O=c1oc2c(O)c(O)c(-c3c(O)c(O)c(O)c4cc([C@@H](O)[C@H](O)[C@H](O)CO)oc(=O)c34)c3c(=O)oc4c(O)c(O)cc1c4c23. The van der Waals surface area contributed by atoms with Crippen molar-refractivity contribution in [2.75, 3.05) is 6.61 Å². The molecule has 0 bridgehead atoms. The second-order valence-corrected chi connectivity index (χ2v) is 9.76. The average molecular weight is 614 g/mol. The molecule has 6 aromatic rings. The van der Waals surface area contributed by atoms with Crippen LogP contribution in [0.1, 0.15) is 11.9 Å². The molecule has 3 heterocycles. The molecule has 228 valence electrons. The van der Waals surface area contributed by atoms with Gasteiger partial charge in [-0.2, -0.15) is 0 Å². The van der Waals surface area contributed by atoms with Crippen LogP contribution in [0.2, 0.25) is 0 Å². The van der Waals surface area contributed by atoms with E-state index in [0.717, 1.165) is 6.07 Å². The third kappa shape index (κ3) is 3.57. The highest BCUT2D eigenvalue weighted by molar-refractivity contribution is 6.27. The quantitative estimate of drug-likeness (QED) is 0.0688. The van der Waals surface area contributed by atoms with Gasteiger partial charge in [0.2, 0.25) is 17.2 Å². The van der Waals surface area contributed by atoms with Gasteiger partial charge in [0.15, 0.2) is 34.2 Å². The van der Waals surface area contributed by atoms with Crippen LogP contribution in [0.4, 0.5) is 0 Å². The molecule has 17 nitrogen and oxygen atoms in total. The van der Waals surface area contributed by atoms with Crippen molar-refractivity contribution in [3.05, 3.63) is 49.2 Å². The van der Waals surface area contributed by atoms with E-state index in [9.17, 15) is 65.4 Å². The average Bonchev–Trinajstić information content (AvgIpc) is 2.99. The van der Waals surface area contributed by atoms with E-state index in [1.807, 2.05) is 0 Å². The van der Waals surface area contributed by atoms with E-state index in [4.69, 9.17) is 18.4 Å². The second-order valence-electron chi connectivity index (χ2n) is 9.76. The Morgan fingerprint density at radius 2 is 1.14 bits per heavy atom. The summed E-state index contributed by atoms with van der Waals surface area (Å²) >= 11 is 0. The molecule has 3 aromatic heterocycles. The molecule has 0 aliphatic heterocycles. The number of aliphatic hydroxyl groups is 4. The number of benzene rings is 3. The van der Waals surface area contributed by atoms with Crippen molar-refractivity contribution < 1.29 is 69.4 Å². The molecule has 0 unspecified atom stereocenters. The summed E-state index contributed by atoms with van der Waals surface area (Å²) < 4.78 is 15.2. The maximum atomic E-state index is 13.4. The van der Waals surface area contributed by atoms with Crippen molar-refractivity contribution in [3.63, 3.8) is 0 Å². The van der Waals surface area contributed by atoms with E-state index in [1.165, 1.54) is 0 Å². The minimum absolute atomic E-state index is 0.404. The number of aromatic hydroxyl groups is 7. The first-order valence-corrected chi connectivity index (χ1v) is 12.3. The minimum Gasteiger partial charge on any atom is -0.504 e. The van der Waals surface area contributed by atoms with E-state index in [0.29, 0.717) is 6.07 Å². The normalized spacial score (nSPS) is 14.2. The van der Waals surface area contributed by atoms with Crippen molar-refractivity contribution in [2.24, 2.45) is 0 Å². The first-order valence-electron chi connectivity index (χ1n) is 12.3. The number of rotatable bonds is 5. The van der Waals surface area contributed by atoms with Crippen LogP contribution >= 0.6 is 0 Å². The van der Waals surface area contributed by atoms with E-state index in [2.05, 4.69) is 0 Å². The number of phenols is 7. The standard InChI is InChI=1S/C27H18O17/c28-3-7(30)16(32)18(34)8-2-4-10(26(40)42-8)11(19(35)21(37)15(4)31)12-14-13-9-5(25(39)43-24(13)22(38)20(12)36)1-6(29)17(33)23(9)44-27(14)41/h1-2,7,16,18,28-38H,3H2/t7-,16-,18-/m1/s1. The van der Waals surface area contributed by atoms with Crippen molar-refractivity contribution in [1.29, 1.82) is 0 Å². The molecule has 0 saturated heterocycles. The Labute approximate surface area is 238 Å². The Hall–Kier alpha value is -5.75. The minimum atomic E-state index is -2.20. The number of aliphatic hydroxyl groups excluding tert-OH is 4. The predicted octanol–water partition coefficient (Wildman–Crippen LogP) is -0.0495.